The van der Waals surface area contributed by atoms with Crippen molar-refractivity contribution >= 4 is 23.5 Å². The standard InChI is InChI=1S/C27H38N2O5/c1-5-10-19-13-14-20-22(21(19)27(33)34-6-2)26(32)29(15-7-8-16-30)24(20)25(31)28-23-17(3)11-9-12-18(23)4/h9,11-14,19-22,24,30H,5-8,10,15-16H2,1-4H3,(H,28,31)/t19-,20+,21-,22+,24+/m1/s1. The van der Waals surface area contributed by atoms with Crippen LogP contribution in [-0.2, 0) is 19.1 Å². The van der Waals surface area contributed by atoms with Crippen LogP contribution in [0.1, 0.15) is 50.7 Å². The molecule has 1 aliphatic carbocycles. The van der Waals surface area contributed by atoms with Crippen molar-refractivity contribution in [3.8, 4) is 0 Å². The molecule has 0 bridgehead atoms. The monoisotopic (exact) mass is 470 g/mol. The zero-order valence-electron chi connectivity index (χ0n) is 20.8. The van der Waals surface area contributed by atoms with Gasteiger partial charge in [-0.1, -0.05) is 43.7 Å². The van der Waals surface area contributed by atoms with Crippen LogP contribution in [-0.4, -0.2) is 53.6 Å². The summed E-state index contributed by atoms with van der Waals surface area (Å²) < 4.78 is 5.39. The number of aliphatic hydroxyl groups excluding tert-OH is 1. The van der Waals surface area contributed by atoms with Gasteiger partial charge in [0.1, 0.15) is 6.04 Å². The molecule has 0 aromatic heterocycles. The first-order valence-electron chi connectivity index (χ1n) is 12.5. The Morgan fingerprint density at radius 1 is 1.12 bits per heavy atom. The summed E-state index contributed by atoms with van der Waals surface area (Å²) in [6, 6.07) is 5.11. The largest absolute Gasteiger partial charge is 0.466 e. The third-order valence-corrected chi connectivity index (χ3v) is 7.10. The number of anilines is 1. The van der Waals surface area contributed by atoms with Crippen molar-refractivity contribution in [2.45, 2.75) is 59.4 Å². The number of hydrogen-bond acceptors (Lipinski definition) is 5. The molecule has 34 heavy (non-hydrogen) atoms. The van der Waals surface area contributed by atoms with Gasteiger partial charge in [-0.05, 0) is 57.1 Å². The van der Waals surface area contributed by atoms with Crippen molar-refractivity contribution in [3.63, 3.8) is 0 Å². The van der Waals surface area contributed by atoms with Crippen LogP contribution in [0.2, 0.25) is 0 Å². The molecule has 5 atom stereocenters. The maximum atomic E-state index is 13.7. The van der Waals surface area contributed by atoms with Gasteiger partial charge in [-0.25, -0.2) is 0 Å². The number of benzene rings is 1. The van der Waals surface area contributed by atoms with E-state index in [4.69, 9.17) is 4.74 Å². The number of hydrogen-bond donors (Lipinski definition) is 2. The predicted octanol–water partition coefficient (Wildman–Crippen LogP) is 3.62. The second-order valence-electron chi connectivity index (χ2n) is 9.38. The highest BCUT2D eigenvalue weighted by atomic mass is 16.5. The average molecular weight is 471 g/mol. The Labute approximate surface area is 202 Å². The quantitative estimate of drug-likeness (QED) is 0.309. The maximum absolute atomic E-state index is 13.7. The van der Waals surface area contributed by atoms with Gasteiger partial charge in [0, 0.05) is 24.8 Å². The zero-order chi connectivity index (χ0) is 24.8. The third kappa shape index (κ3) is 5.19. The maximum Gasteiger partial charge on any atom is 0.310 e. The Balaban J connectivity index is 1.98. The summed E-state index contributed by atoms with van der Waals surface area (Å²) in [6.45, 7) is 8.34. The number of likely N-dealkylation sites (tertiary alicyclic amines) is 1. The second kappa shape index (κ2) is 11.6. The van der Waals surface area contributed by atoms with Gasteiger partial charge in [0.05, 0.1) is 18.4 Å². The van der Waals surface area contributed by atoms with Crippen molar-refractivity contribution in [2.24, 2.45) is 23.7 Å². The summed E-state index contributed by atoms with van der Waals surface area (Å²) >= 11 is 0. The number of aryl methyl sites for hydroxylation is 2. The molecule has 1 fully saturated rings. The van der Waals surface area contributed by atoms with Gasteiger partial charge in [0.25, 0.3) is 0 Å². The summed E-state index contributed by atoms with van der Waals surface area (Å²) in [4.78, 5) is 42.1. The van der Waals surface area contributed by atoms with E-state index in [2.05, 4.69) is 12.2 Å². The van der Waals surface area contributed by atoms with Crippen LogP contribution in [0.15, 0.2) is 30.4 Å². The molecule has 1 aliphatic heterocycles. The zero-order valence-corrected chi connectivity index (χ0v) is 20.8. The van der Waals surface area contributed by atoms with Crippen LogP contribution in [0.4, 0.5) is 5.69 Å². The SMILES string of the molecule is CCC[C@@H]1C=C[C@H]2[C@H](C(=O)N(CCCCO)[C@@H]2C(=O)Nc2c(C)cccc2C)[C@@H]1C(=O)OCC. The van der Waals surface area contributed by atoms with E-state index in [1.165, 1.54) is 0 Å². The van der Waals surface area contributed by atoms with Crippen LogP contribution in [0.5, 0.6) is 0 Å². The molecule has 7 nitrogen and oxygen atoms in total. The molecule has 186 valence electrons. The molecular weight excluding hydrogens is 432 g/mol. The van der Waals surface area contributed by atoms with Gasteiger partial charge in [-0.15, -0.1) is 0 Å². The molecule has 1 heterocycles. The van der Waals surface area contributed by atoms with Crippen molar-refractivity contribution in [1.29, 1.82) is 0 Å². The second-order valence-corrected chi connectivity index (χ2v) is 9.38. The van der Waals surface area contributed by atoms with Crippen LogP contribution in [0.25, 0.3) is 0 Å². The molecular formula is C27H38N2O5. The Hall–Kier alpha value is -2.67. The number of para-hydroxylation sites is 1. The predicted molar refractivity (Wildman–Crippen MR) is 131 cm³/mol. The van der Waals surface area contributed by atoms with E-state index in [1.54, 1.807) is 11.8 Å². The molecule has 0 saturated carbocycles. The van der Waals surface area contributed by atoms with Gasteiger partial charge < -0.3 is 20.1 Å². The Bertz CT molecular complexity index is 907. The van der Waals surface area contributed by atoms with E-state index >= 15 is 0 Å². The third-order valence-electron chi connectivity index (χ3n) is 7.10. The lowest BCUT2D eigenvalue weighted by molar-refractivity contribution is -0.155. The lowest BCUT2D eigenvalue weighted by Gasteiger charge is -2.33. The minimum Gasteiger partial charge on any atom is -0.466 e. The summed E-state index contributed by atoms with van der Waals surface area (Å²) in [7, 11) is 0. The Morgan fingerprint density at radius 3 is 2.44 bits per heavy atom. The molecule has 0 radical (unpaired) electrons. The number of nitrogens with zero attached hydrogens (tertiary/aromatic N) is 1. The highest BCUT2D eigenvalue weighted by Crippen LogP contribution is 2.46. The van der Waals surface area contributed by atoms with E-state index < -0.39 is 23.8 Å². The Morgan fingerprint density at radius 2 is 1.82 bits per heavy atom. The van der Waals surface area contributed by atoms with Gasteiger partial charge in [-0.3, -0.25) is 14.4 Å². The number of amides is 2. The number of unbranched alkanes of at least 4 members (excludes halogenated alkanes) is 1. The van der Waals surface area contributed by atoms with Crippen molar-refractivity contribution in [3.05, 3.63) is 41.5 Å². The molecule has 2 N–H and O–H groups in total. The fourth-order valence-electron chi connectivity index (χ4n) is 5.51. The summed E-state index contributed by atoms with van der Waals surface area (Å²) in [5.74, 6) is -2.50. The van der Waals surface area contributed by atoms with Gasteiger partial charge >= 0.3 is 5.97 Å². The molecule has 2 aliphatic rings. The van der Waals surface area contributed by atoms with Crippen molar-refractivity contribution in [2.75, 3.05) is 25.1 Å². The number of nitrogens with one attached hydrogen (secondary N) is 1. The first-order valence-corrected chi connectivity index (χ1v) is 12.5. The lowest BCUT2D eigenvalue weighted by atomic mass is 9.69. The molecule has 0 spiro atoms. The van der Waals surface area contributed by atoms with Gasteiger partial charge in [-0.2, -0.15) is 0 Å². The molecule has 3 rings (SSSR count). The normalized spacial score (nSPS) is 25.9. The van der Waals surface area contributed by atoms with Crippen LogP contribution < -0.4 is 5.32 Å². The average Bonchev–Trinajstić information content (AvgIpc) is 3.08. The van der Waals surface area contributed by atoms with Crippen LogP contribution >= 0.6 is 0 Å². The summed E-state index contributed by atoms with van der Waals surface area (Å²) in [6.07, 6.45) is 6.77. The van der Waals surface area contributed by atoms with Crippen molar-refractivity contribution in [1.82, 2.24) is 4.90 Å². The molecule has 0 unspecified atom stereocenters. The number of fused-ring (bicyclic) bond motifs is 1. The lowest BCUT2D eigenvalue weighted by Crippen LogP contribution is -2.45. The number of aliphatic hydroxyl groups is 1. The molecule has 1 aromatic rings. The van der Waals surface area contributed by atoms with E-state index in [1.807, 2.05) is 44.2 Å². The van der Waals surface area contributed by atoms with Crippen LogP contribution in [0, 0.1) is 37.5 Å². The number of carbonyl (C=O) groups is 3. The van der Waals surface area contributed by atoms with Crippen LogP contribution in [0.3, 0.4) is 0 Å². The number of rotatable bonds is 10. The molecule has 1 aromatic carbocycles. The van der Waals surface area contributed by atoms with Crippen molar-refractivity contribution < 1.29 is 24.2 Å². The molecule has 7 heteroatoms. The smallest absolute Gasteiger partial charge is 0.310 e. The minimum atomic E-state index is -0.717. The van der Waals surface area contributed by atoms with E-state index in [-0.39, 0.29) is 36.9 Å². The highest BCUT2D eigenvalue weighted by molar-refractivity contribution is 6.02. The summed E-state index contributed by atoms with van der Waals surface area (Å²) in [5.41, 5.74) is 2.66. The number of allylic oxidation sites excluding steroid dienone is 1. The van der Waals surface area contributed by atoms with E-state index in [0.29, 0.717) is 19.4 Å². The van der Waals surface area contributed by atoms with Gasteiger partial charge in [0.15, 0.2) is 0 Å². The van der Waals surface area contributed by atoms with Gasteiger partial charge in [0.2, 0.25) is 11.8 Å². The number of esters is 1. The molecule has 2 amide bonds. The fourth-order valence-corrected chi connectivity index (χ4v) is 5.51. The Kier molecular flexibility index (Phi) is 8.89. The van der Waals surface area contributed by atoms with E-state index in [0.717, 1.165) is 29.7 Å². The highest BCUT2D eigenvalue weighted by Gasteiger charge is 2.57. The summed E-state index contributed by atoms with van der Waals surface area (Å²) in [5, 5.41) is 12.3. The number of ether oxygens (including phenoxy) is 1. The number of carbonyl (C=O) groups excluding carboxylic acids is 3. The first-order chi connectivity index (χ1) is 16.3. The minimum absolute atomic E-state index is 0.0259. The first kappa shape index (κ1) is 25.9. The fraction of sp³-hybridized carbons (Fsp3) is 0.593. The molecule has 1 saturated heterocycles. The topological polar surface area (TPSA) is 95.9 Å². The van der Waals surface area contributed by atoms with E-state index in [9.17, 15) is 19.5 Å².